The van der Waals surface area contributed by atoms with Gasteiger partial charge < -0.3 is 28.8 Å². The summed E-state index contributed by atoms with van der Waals surface area (Å²) in [5.74, 6) is -0.217. The molecule has 0 saturated carbocycles. The van der Waals surface area contributed by atoms with E-state index in [4.69, 9.17) is 9.05 Å². The zero-order chi connectivity index (χ0) is 35.1. The van der Waals surface area contributed by atoms with E-state index >= 15 is 0 Å². The molecule has 1 amide bonds. The Morgan fingerprint density at radius 3 is 1.79 bits per heavy atom. The first-order valence-corrected chi connectivity index (χ1v) is 20.3. The molecule has 0 bridgehead atoms. The molecule has 9 heteroatoms. The lowest BCUT2D eigenvalue weighted by Crippen LogP contribution is -2.45. The number of rotatable bonds is 33. The molecule has 0 aliphatic rings. The van der Waals surface area contributed by atoms with E-state index in [1.54, 1.807) is 6.08 Å². The van der Waals surface area contributed by atoms with Crippen molar-refractivity contribution in [3.63, 3.8) is 0 Å². The molecule has 0 rings (SSSR count). The Morgan fingerprint density at radius 2 is 1.23 bits per heavy atom. The van der Waals surface area contributed by atoms with Crippen LogP contribution in [-0.2, 0) is 18.4 Å². The maximum absolute atomic E-state index is 12.7. The van der Waals surface area contributed by atoms with Crippen molar-refractivity contribution in [3.05, 3.63) is 36.5 Å². The molecule has 0 aliphatic heterocycles. The number of carbonyl (C=O) groups is 1. The number of hydrogen-bond acceptors (Lipinski definition) is 6. The van der Waals surface area contributed by atoms with Crippen molar-refractivity contribution in [2.24, 2.45) is 0 Å². The van der Waals surface area contributed by atoms with Gasteiger partial charge in [-0.05, 0) is 51.4 Å². The number of quaternary nitrogens is 1. The fourth-order valence-electron chi connectivity index (χ4n) is 5.00. The Morgan fingerprint density at radius 1 is 0.745 bits per heavy atom. The first-order chi connectivity index (χ1) is 22.5. The van der Waals surface area contributed by atoms with E-state index in [-0.39, 0.29) is 19.1 Å². The van der Waals surface area contributed by atoms with Crippen molar-refractivity contribution < 1.29 is 32.9 Å². The number of nitrogens with zero attached hydrogens (tertiary/aromatic N) is 1. The normalized spacial score (nSPS) is 15.1. The number of hydrogen-bond donors (Lipinski definition) is 2. The third-order valence-electron chi connectivity index (χ3n) is 8.09. The van der Waals surface area contributed by atoms with Crippen molar-refractivity contribution in [1.82, 2.24) is 5.32 Å². The molecule has 0 aliphatic carbocycles. The van der Waals surface area contributed by atoms with Crippen LogP contribution in [0.4, 0.5) is 0 Å². The van der Waals surface area contributed by atoms with Gasteiger partial charge in [0.05, 0.1) is 39.9 Å². The number of aliphatic hydroxyl groups excluding tert-OH is 1. The van der Waals surface area contributed by atoms with Gasteiger partial charge in [-0.25, -0.2) is 0 Å². The quantitative estimate of drug-likeness (QED) is 0.0309. The molecular weight excluding hydrogens is 611 g/mol. The van der Waals surface area contributed by atoms with Crippen LogP contribution < -0.4 is 10.2 Å². The molecule has 0 spiro atoms. The van der Waals surface area contributed by atoms with Crippen molar-refractivity contribution >= 4 is 13.7 Å². The van der Waals surface area contributed by atoms with Crippen molar-refractivity contribution in [1.29, 1.82) is 0 Å². The summed E-state index contributed by atoms with van der Waals surface area (Å²) < 4.78 is 23.0. The van der Waals surface area contributed by atoms with Crippen molar-refractivity contribution in [2.45, 2.75) is 161 Å². The predicted molar refractivity (Wildman–Crippen MR) is 196 cm³/mol. The topological polar surface area (TPSA) is 108 Å². The van der Waals surface area contributed by atoms with Crippen LogP contribution in [0.5, 0.6) is 0 Å². The Hall–Kier alpha value is -1.28. The molecule has 276 valence electrons. The highest BCUT2D eigenvalue weighted by molar-refractivity contribution is 7.45. The van der Waals surface area contributed by atoms with E-state index < -0.39 is 20.0 Å². The van der Waals surface area contributed by atoms with Gasteiger partial charge >= 0.3 is 0 Å². The summed E-state index contributed by atoms with van der Waals surface area (Å²) in [6.07, 6.45) is 34.7. The second-order valence-corrected chi connectivity index (χ2v) is 15.3. The number of unbranched alkanes of at least 4 members (excludes halogenated alkanes) is 16. The summed E-state index contributed by atoms with van der Waals surface area (Å²) >= 11 is 0. The van der Waals surface area contributed by atoms with Crippen LogP contribution in [0.2, 0.25) is 0 Å². The smallest absolute Gasteiger partial charge is 0.268 e. The number of allylic oxidation sites excluding steroid dienone is 5. The van der Waals surface area contributed by atoms with E-state index in [2.05, 4.69) is 43.5 Å². The van der Waals surface area contributed by atoms with E-state index in [1.165, 1.54) is 64.2 Å². The number of phosphoric ester groups is 1. The highest BCUT2D eigenvalue weighted by Gasteiger charge is 2.23. The molecule has 2 N–H and O–H groups in total. The average Bonchev–Trinajstić information content (AvgIpc) is 3.01. The van der Waals surface area contributed by atoms with Gasteiger partial charge in [0.2, 0.25) is 5.91 Å². The highest BCUT2D eigenvalue weighted by Crippen LogP contribution is 2.38. The standard InChI is InChI=1S/C38H73N2O6P/c1-6-8-10-12-14-16-17-18-19-20-21-22-24-26-28-30-32-38(42)39-36(35-46-47(43,44)45-34-33-40(3,4)5)37(41)31-29-27-25-23-15-13-11-9-7-2/h16-17,19-20,29,31,36-37,41H,6-15,18,21-28,30,32-35H2,1-5H3,(H-,39,42,43,44)/b17-16-,20-19-,31-29+. The van der Waals surface area contributed by atoms with Crippen LogP contribution in [-0.4, -0.2) is 68.5 Å². The highest BCUT2D eigenvalue weighted by atomic mass is 31.2. The van der Waals surface area contributed by atoms with Gasteiger partial charge in [0, 0.05) is 6.42 Å². The molecule has 8 nitrogen and oxygen atoms in total. The SMILES string of the molecule is CCCCCC/C=C\C/C=C\CCCCCCCC(=O)NC(COP(=O)([O-])OCC[N+](C)(C)C)C(O)/C=C/CCCCCCCCC. The van der Waals surface area contributed by atoms with E-state index in [0.29, 0.717) is 17.4 Å². The summed E-state index contributed by atoms with van der Waals surface area (Å²) in [7, 11) is 1.24. The maximum Gasteiger partial charge on any atom is 0.268 e. The number of nitrogens with one attached hydrogen (secondary N) is 1. The van der Waals surface area contributed by atoms with E-state index in [9.17, 15) is 19.4 Å². The number of carbonyl (C=O) groups excluding carboxylic acids is 1. The van der Waals surface area contributed by atoms with Crippen LogP contribution in [0.3, 0.4) is 0 Å². The third-order valence-corrected chi connectivity index (χ3v) is 9.06. The molecule has 3 unspecified atom stereocenters. The summed E-state index contributed by atoms with van der Waals surface area (Å²) in [6.45, 7) is 4.55. The Balaban J connectivity index is 4.51. The molecule has 0 saturated heterocycles. The van der Waals surface area contributed by atoms with Gasteiger partial charge in [0.1, 0.15) is 13.2 Å². The van der Waals surface area contributed by atoms with Crippen LogP contribution >= 0.6 is 7.82 Å². The fourth-order valence-corrected chi connectivity index (χ4v) is 5.73. The Bertz CT molecular complexity index is 871. The van der Waals surface area contributed by atoms with Crippen LogP contribution in [0, 0.1) is 0 Å². The number of aliphatic hydroxyl groups is 1. The van der Waals surface area contributed by atoms with E-state index in [1.807, 2.05) is 27.2 Å². The molecule has 0 aromatic rings. The largest absolute Gasteiger partial charge is 0.756 e. The first kappa shape index (κ1) is 45.7. The van der Waals surface area contributed by atoms with Gasteiger partial charge in [-0.2, -0.15) is 0 Å². The number of phosphoric acid groups is 1. The van der Waals surface area contributed by atoms with Crippen LogP contribution in [0.1, 0.15) is 149 Å². The lowest BCUT2D eigenvalue weighted by Gasteiger charge is -2.29. The lowest BCUT2D eigenvalue weighted by molar-refractivity contribution is -0.870. The molecule has 47 heavy (non-hydrogen) atoms. The molecular formula is C38H73N2O6P. The molecule has 3 atom stereocenters. The van der Waals surface area contributed by atoms with Crippen molar-refractivity contribution in [2.75, 3.05) is 40.9 Å². The van der Waals surface area contributed by atoms with Gasteiger partial charge in [-0.3, -0.25) is 9.36 Å². The molecule has 0 fully saturated rings. The number of amides is 1. The van der Waals surface area contributed by atoms with Gasteiger partial charge in [0.15, 0.2) is 0 Å². The Labute approximate surface area is 289 Å². The summed E-state index contributed by atoms with van der Waals surface area (Å²) in [5.41, 5.74) is 0. The first-order valence-electron chi connectivity index (χ1n) is 18.9. The zero-order valence-corrected chi connectivity index (χ0v) is 31.9. The van der Waals surface area contributed by atoms with Crippen LogP contribution in [0.15, 0.2) is 36.5 Å². The summed E-state index contributed by atoms with van der Waals surface area (Å²) in [4.78, 5) is 25.1. The maximum atomic E-state index is 12.7. The average molecular weight is 685 g/mol. The molecule has 0 heterocycles. The molecule has 0 aromatic carbocycles. The number of likely N-dealkylation sites (N-methyl/N-ethyl adjacent to an activating group) is 1. The minimum atomic E-state index is -4.58. The lowest BCUT2D eigenvalue weighted by atomic mass is 10.1. The minimum absolute atomic E-state index is 0.00487. The van der Waals surface area contributed by atoms with Gasteiger partial charge in [-0.15, -0.1) is 0 Å². The molecule has 0 radical (unpaired) electrons. The zero-order valence-electron chi connectivity index (χ0n) is 31.0. The van der Waals surface area contributed by atoms with Gasteiger partial charge in [0.25, 0.3) is 7.82 Å². The van der Waals surface area contributed by atoms with Crippen LogP contribution in [0.25, 0.3) is 0 Å². The predicted octanol–water partition coefficient (Wildman–Crippen LogP) is 8.94. The minimum Gasteiger partial charge on any atom is -0.756 e. The summed E-state index contributed by atoms with van der Waals surface area (Å²) in [6, 6.07) is -0.889. The monoisotopic (exact) mass is 685 g/mol. The molecule has 0 aromatic heterocycles. The third kappa shape index (κ3) is 33.0. The second-order valence-electron chi connectivity index (χ2n) is 13.9. The van der Waals surface area contributed by atoms with E-state index in [0.717, 1.165) is 64.2 Å². The van der Waals surface area contributed by atoms with Gasteiger partial charge in [-0.1, -0.05) is 127 Å². The second kappa shape index (κ2) is 30.8. The Kier molecular flexibility index (Phi) is 29.9. The summed E-state index contributed by atoms with van der Waals surface area (Å²) in [5, 5.41) is 13.6. The van der Waals surface area contributed by atoms with Crippen molar-refractivity contribution in [3.8, 4) is 0 Å². The fraction of sp³-hybridized carbons (Fsp3) is 0.816.